The molecule has 2 aliphatic rings. The summed E-state index contributed by atoms with van der Waals surface area (Å²) < 4.78 is 0. The summed E-state index contributed by atoms with van der Waals surface area (Å²) in [5.74, 6) is 0.427. The van der Waals surface area contributed by atoms with E-state index in [-0.39, 0.29) is 11.2 Å². The molecule has 2 aliphatic carbocycles. The van der Waals surface area contributed by atoms with Gasteiger partial charge in [0.15, 0.2) is 0 Å². The Balaban J connectivity index is 2.55. The summed E-state index contributed by atoms with van der Waals surface area (Å²) in [4.78, 5) is 23.1. The van der Waals surface area contributed by atoms with E-state index in [2.05, 4.69) is 0 Å². The van der Waals surface area contributed by atoms with Gasteiger partial charge in [0.2, 0.25) is 5.24 Å². The van der Waals surface area contributed by atoms with E-state index in [1.807, 2.05) is 13.8 Å². The van der Waals surface area contributed by atoms with Gasteiger partial charge >= 0.3 is 0 Å². The summed E-state index contributed by atoms with van der Waals surface area (Å²) in [7, 11) is 0. The van der Waals surface area contributed by atoms with Crippen molar-refractivity contribution in [3.05, 3.63) is 0 Å². The highest BCUT2D eigenvalue weighted by molar-refractivity contribution is 6.66. The third-order valence-corrected chi connectivity index (χ3v) is 4.55. The monoisotopic (exact) mass is 200 g/mol. The zero-order chi connectivity index (χ0) is 9.85. The molecule has 2 saturated carbocycles. The molecule has 0 heterocycles. The van der Waals surface area contributed by atoms with Crippen molar-refractivity contribution < 1.29 is 9.59 Å². The Morgan fingerprint density at radius 1 is 1.54 bits per heavy atom. The van der Waals surface area contributed by atoms with E-state index in [0.29, 0.717) is 18.8 Å². The number of hydrogen-bond acceptors (Lipinski definition) is 2. The van der Waals surface area contributed by atoms with Crippen molar-refractivity contribution in [3.8, 4) is 0 Å². The molecular formula is C10H13ClO2. The molecule has 0 aromatic heterocycles. The highest BCUT2D eigenvalue weighted by atomic mass is 35.5. The minimum atomic E-state index is -0.848. The van der Waals surface area contributed by atoms with Gasteiger partial charge in [-0.15, -0.1) is 0 Å². The highest BCUT2D eigenvalue weighted by Gasteiger charge is 2.67. The Morgan fingerprint density at radius 2 is 2.15 bits per heavy atom. The molecule has 0 N–H and O–H groups in total. The van der Waals surface area contributed by atoms with Gasteiger partial charge in [-0.1, -0.05) is 13.8 Å². The number of carbonyl (C=O) groups is 2. The zero-order valence-corrected chi connectivity index (χ0v) is 8.65. The van der Waals surface area contributed by atoms with Crippen LogP contribution < -0.4 is 0 Å². The lowest BCUT2D eigenvalue weighted by molar-refractivity contribution is -0.138. The van der Waals surface area contributed by atoms with Crippen molar-refractivity contribution >= 4 is 22.6 Å². The fraction of sp³-hybridized carbons (Fsp3) is 0.800. The number of halogens is 1. The average Bonchev–Trinajstić information content (AvgIpc) is 2.35. The maximum Gasteiger partial charge on any atom is 0.235 e. The number of carbonyl (C=O) groups excluding carboxylic acids is 2. The van der Waals surface area contributed by atoms with Gasteiger partial charge < -0.3 is 0 Å². The van der Waals surface area contributed by atoms with Crippen molar-refractivity contribution in [2.75, 3.05) is 0 Å². The van der Waals surface area contributed by atoms with Crippen LogP contribution in [0.25, 0.3) is 0 Å². The normalized spacial score (nSPS) is 41.2. The van der Waals surface area contributed by atoms with E-state index in [0.717, 1.165) is 6.42 Å². The first-order valence-electron chi connectivity index (χ1n) is 4.66. The quantitative estimate of drug-likeness (QED) is 0.480. The fourth-order valence-corrected chi connectivity index (χ4v) is 3.58. The van der Waals surface area contributed by atoms with E-state index in [1.165, 1.54) is 0 Å². The molecule has 0 unspecified atom stereocenters. The zero-order valence-electron chi connectivity index (χ0n) is 7.89. The van der Waals surface area contributed by atoms with Crippen LogP contribution in [0.4, 0.5) is 0 Å². The third kappa shape index (κ3) is 0.804. The van der Waals surface area contributed by atoms with Gasteiger partial charge in [0, 0.05) is 6.42 Å². The molecule has 2 bridgehead atoms. The van der Waals surface area contributed by atoms with Crippen molar-refractivity contribution in [1.82, 2.24) is 0 Å². The second-order valence-electron chi connectivity index (χ2n) is 4.76. The molecule has 2 nitrogen and oxygen atoms in total. The summed E-state index contributed by atoms with van der Waals surface area (Å²) in [6, 6.07) is 0. The van der Waals surface area contributed by atoms with Crippen molar-refractivity contribution in [3.63, 3.8) is 0 Å². The lowest BCUT2D eigenvalue weighted by atomic mass is 9.70. The summed E-state index contributed by atoms with van der Waals surface area (Å²) in [5, 5.41) is -0.442. The lowest BCUT2D eigenvalue weighted by Crippen LogP contribution is -2.41. The van der Waals surface area contributed by atoms with Crippen LogP contribution in [-0.2, 0) is 9.59 Å². The van der Waals surface area contributed by atoms with Crippen LogP contribution >= 0.6 is 11.6 Å². The van der Waals surface area contributed by atoms with Crippen molar-refractivity contribution in [2.45, 2.75) is 33.1 Å². The Hall–Kier alpha value is -0.370. The molecule has 2 atom stereocenters. The Kier molecular flexibility index (Phi) is 1.66. The van der Waals surface area contributed by atoms with E-state index < -0.39 is 10.7 Å². The Labute approximate surface area is 82.6 Å². The summed E-state index contributed by atoms with van der Waals surface area (Å²) in [6.45, 7) is 3.99. The summed E-state index contributed by atoms with van der Waals surface area (Å²) in [5.41, 5.74) is -1.07. The van der Waals surface area contributed by atoms with Crippen molar-refractivity contribution in [1.29, 1.82) is 0 Å². The Morgan fingerprint density at radius 3 is 2.38 bits per heavy atom. The van der Waals surface area contributed by atoms with Crippen molar-refractivity contribution in [2.24, 2.45) is 16.7 Å². The first-order valence-corrected chi connectivity index (χ1v) is 5.04. The Bertz CT molecular complexity index is 295. The molecule has 0 aromatic rings. The van der Waals surface area contributed by atoms with Gasteiger partial charge in [0.25, 0.3) is 0 Å². The van der Waals surface area contributed by atoms with E-state index >= 15 is 0 Å². The predicted molar refractivity (Wildman–Crippen MR) is 49.4 cm³/mol. The largest absolute Gasteiger partial charge is 0.298 e. The van der Waals surface area contributed by atoms with Gasteiger partial charge in [-0.25, -0.2) is 0 Å². The van der Waals surface area contributed by atoms with Crippen LogP contribution in [0.3, 0.4) is 0 Å². The maximum atomic E-state index is 11.7. The van der Waals surface area contributed by atoms with Gasteiger partial charge in [-0.2, -0.15) is 0 Å². The van der Waals surface area contributed by atoms with Gasteiger partial charge in [0.1, 0.15) is 11.2 Å². The van der Waals surface area contributed by atoms with E-state index in [9.17, 15) is 9.59 Å². The summed E-state index contributed by atoms with van der Waals surface area (Å²) in [6.07, 6.45) is 2.18. The molecule has 0 saturated heterocycles. The smallest absolute Gasteiger partial charge is 0.235 e. The molecule has 0 spiro atoms. The molecule has 13 heavy (non-hydrogen) atoms. The maximum absolute atomic E-state index is 11.7. The standard InChI is InChI=1S/C10H13ClO2/c1-9(2)6-3-4-10(9,8(11)13)7(12)5-6/h6H,3-5H2,1-2H3/t6-,10+/m0/s1. The van der Waals surface area contributed by atoms with Gasteiger partial charge in [0.05, 0.1) is 0 Å². The van der Waals surface area contributed by atoms with Crippen LogP contribution in [0.2, 0.25) is 0 Å². The van der Waals surface area contributed by atoms with Crippen LogP contribution in [0, 0.1) is 16.7 Å². The van der Waals surface area contributed by atoms with E-state index in [1.54, 1.807) is 0 Å². The number of hydrogen-bond donors (Lipinski definition) is 0. The summed E-state index contributed by atoms with van der Waals surface area (Å²) >= 11 is 5.59. The number of ketones is 1. The number of rotatable bonds is 1. The van der Waals surface area contributed by atoms with E-state index in [4.69, 9.17) is 11.6 Å². The molecule has 3 heteroatoms. The second kappa shape index (κ2) is 2.35. The molecule has 0 aliphatic heterocycles. The van der Waals surface area contributed by atoms with Crippen LogP contribution in [-0.4, -0.2) is 11.0 Å². The van der Waals surface area contributed by atoms with Crippen LogP contribution in [0.1, 0.15) is 33.1 Å². The predicted octanol–water partition coefficient (Wildman–Crippen LogP) is 2.15. The lowest BCUT2D eigenvalue weighted by Gasteiger charge is -2.32. The minimum absolute atomic E-state index is 0.0637. The van der Waals surface area contributed by atoms with Crippen LogP contribution in [0.15, 0.2) is 0 Å². The molecule has 0 aromatic carbocycles. The second-order valence-corrected chi connectivity index (χ2v) is 5.11. The first-order chi connectivity index (χ1) is 5.93. The molecular weight excluding hydrogens is 188 g/mol. The SMILES string of the molecule is CC1(C)[C@H]2CC[C@]1(C(=O)Cl)C(=O)C2. The van der Waals surface area contributed by atoms with Gasteiger partial charge in [-0.3, -0.25) is 9.59 Å². The minimum Gasteiger partial charge on any atom is -0.298 e. The van der Waals surface area contributed by atoms with Gasteiger partial charge in [-0.05, 0) is 35.8 Å². The number of Topliss-reactive ketones (excluding diaryl/α,β-unsaturated/α-hetero) is 1. The topological polar surface area (TPSA) is 34.1 Å². The first kappa shape index (κ1) is 9.20. The molecule has 2 fully saturated rings. The third-order valence-electron chi connectivity index (χ3n) is 4.23. The fourth-order valence-electron chi connectivity index (χ4n) is 3.14. The molecule has 0 radical (unpaired) electrons. The molecule has 72 valence electrons. The molecule has 0 amide bonds. The van der Waals surface area contributed by atoms with Crippen LogP contribution in [0.5, 0.6) is 0 Å². The molecule has 2 rings (SSSR count). The average molecular weight is 201 g/mol. The highest BCUT2D eigenvalue weighted by Crippen LogP contribution is 2.64. The number of fused-ring (bicyclic) bond motifs is 2.